The van der Waals surface area contributed by atoms with Crippen LogP contribution in [0.15, 0.2) is 41.3 Å². The zero-order valence-electron chi connectivity index (χ0n) is 7.62. The van der Waals surface area contributed by atoms with Crippen molar-refractivity contribution in [1.29, 1.82) is 0 Å². The van der Waals surface area contributed by atoms with E-state index >= 15 is 0 Å². The molecule has 0 spiro atoms. The fourth-order valence-electron chi connectivity index (χ4n) is 1.70. The van der Waals surface area contributed by atoms with Crippen LogP contribution in [0.5, 0.6) is 0 Å². The Morgan fingerprint density at radius 1 is 1.08 bits per heavy atom. The Hall–Kier alpha value is -0.950. The third-order valence-corrected chi connectivity index (χ3v) is 2.79. The Balaban J connectivity index is 2.84. The molecule has 0 aliphatic rings. The van der Waals surface area contributed by atoms with E-state index in [4.69, 9.17) is 0 Å². The second-order valence-corrected chi connectivity index (χ2v) is 3.62. The van der Waals surface area contributed by atoms with Gasteiger partial charge in [-0.15, -0.1) is 12.6 Å². The van der Waals surface area contributed by atoms with E-state index in [1.807, 2.05) is 0 Å². The van der Waals surface area contributed by atoms with Crippen molar-refractivity contribution in [3.8, 4) is 0 Å². The molecule has 1 heteroatoms. The van der Waals surface area contributed by atoms with Gasteiger partial charge in [0.2, 0.25) is 0 Å². The maximum Gasteiger partial charge on any atom is 0.00783 e. The molecular formula is C12H12S. The highest BCUT2D eigenvalue weighted by Crippen LogP contribution is 2.24. The molecule has 0 heterocycles. The lowest BCUT2D eigenvalue weighted by atomic mass is 10.0. The van der Waals surface area contributed by atoms with Gasteiger partial charge in [-0.25, -0.2) is 0 Å². The molecule has 2 aromatic rings. The predicted octanol–water partition coefficient (Wildman–Crippen LogP) is 3.69. The van der Waals surface area contributed by atoms with Gasteiger partial charge >= 0.3 is 0 Å². The predicted molar refractivity (Wildman–Crippen MR) is 60.6 cm³/mol. The van der Waals surface area contributed by atoms with Crippen LogP contribution >= 0.6 is 12.6 Å². The molecule has 0 nitrogen and oxygen atoms in total. The first kappa shape index (κ1) is 8.64. The minimum Gasteiger partial charge on any atom is -0.143 e. The number of benzene rings is 2. The van der Waals surface area contributed by atoms with Gasteiger partial charge in [-0.3, -0.25) is 0 Å². The van der Waals surface area contributed by atoms with E-state index in [2.05, 4.69) is 56.0 Å². The molecule has 0 fully saturated rings. The second-order valence-electron chi connectivity index (χ2n) is 3.14. The zero-order chi connectivity index (χ0) is 9.26. The van der Waals surface area contributed by atoms with Crippen molar-refractivity contribution in [3.63, 3.8) is 0 Å². The van der Waals surface area contributed by atoms with Gasteiger partial charge in [0.1, 0.15) is 0 Å². The Morgan fingerprint density at radius 2 is 1.85 bits per heavy atom. The van der Waals surface area contributed by atoms with Crippen LogP contribution in [0.2, 0.25) is 0 Å². The molecule has 0 aromatic heterocycles. The third-order valence-electron chi connectivity index (χ3n) is 2.37. The van der Waals surface area contributed by atoms with Crippen molar-refractivity contribution in [1.82, 2.24) is 0 Å². The van der Waals surface area contributed by atoms with Crippen LogP contribution in [0.1, 0.15) is 12.5 Å². The monoisotopic (exact) mass is 188 g/mol. The minimum absolute atomic E-state index is 1.04. The summed E-state index contributed by atoms with van der Waals surface area (Å²) in [7, 11) is 0. The van der Waals surface area contributed by atoms with Crippen LogP contribution in [0.4, 0.5) is 0 Å². The van der Waals surface area contributed by atoms with Crippen LogP contribution in [-0.4, -0.2) is 0 Å². The number of fused-ring (bicyclic) bond motifs is 1. The van der Waals surface area contributed by atoms with Gasteiger partial charge in [-0.2, -0.15) is 0 Å². The van der Waals surface area contributed by atoms with E-state index < -0.39 is 0 Å². The summed E-state index contributed by atoms with van der Waals surface area (Å²) in [5.41, 5.74) is 1.35. The van der Waals surface area contributed by atoms with E-state index in [-0.39, 0.29) is 0 Å². The van der Waals surface area contributed by atoms with Gasteiger partial charge in [0.15, 0.2) is 0 Å². The third kappa shape index (κ3) is 1.44. The summed E-state index contributed by atoms with van der Waals surface area (Å²) in [5.74, 6) is 0. The summed E-state index contributed by atoms with van der Waals surface area (Å²) >= 11 is 4.45. The second kappa shape index (κ2) is 3.43. The molecule has 2 rings (SSSR count). The van der Waals surface area contributed by atoms with Crippen molar-refractivity contribution >= 4 is 23.4 Å². The summed E-state index contributed by atoms with van der Waals surface area (Å²) in [6.45, 7) is 2.17. The average molecular weight is 188 g/mol. The number of hydrogen-bond acceptors (Lipinski definition) is 1. The Kier molecular flexibility index (Phi) is 2.28. The minimum atomic E-state index is 1.04. The van der Waals surface area contributed by atoms with Gasteiger partial charge in [0.05, 0.1) is 0 Å². The Morgan fingerprint density at radius 3 is 2.62 bits per heavy atom. The first-order chi connectivity index (χ1) is 6.33. The van der Waals surface area contributed by atoms with Gasteiger partial charge in [0, 0.05) is 4.90 Å². The maximum atomic E-state index is 4.45. The summed E-state index contributed by atoms with van der Waals surface area (Å²) < 4.78 is 0. The quantitative estimate of drug-likeness (QED) is 0.648. The molecule has 0 bridgehead atoms. The fraction of sp³-hybridized carbons (Fsp3) is 0.167. The molecule has 0 atom stereocenters. The highest BCUT2D eigenvalue weighted by atomic mass is 32.1. The van der Waals surface area contributed by atoms with Crippen molar-refractivity contribution in [2.75, 3.05) is 0 Å². The van der Waals surface area contributed by atoms with Crippen LogP contribution in [0.25, 0.3) is 10.8 Å². The number of aryl methyl sites for hydroxylation is 1. The molecule has 2 aromatic carbocycles. The normalized spacial score (nSPS) is 10.6. The molecule has 13 heavy (non-hydrogen) atoms. The highest BCUT2D eigenvalue weighted by Gasteiger charge is 2.01. The number of hydrogen-bond donors (Lipinski definition) is 1. The van der Waals surface area contributed by atoms with E-state index in [9.17, 15) is 0 Å². The Bertz CT molecular complexity index is 432. The van der Waals surface area contributed by atoms with Gasteiger partial charge in [-0.05, 0) is 28.8 Å². The van der Waals surface area contributed by atoms with Crippen molar-refractivity contribution in [3.05, 3.63) is 42.0 Å². The lowest BCUT2D eigenvalue weighted by molar-refractivity contribution is 1.11. The standard InChI is InChI=1S/C12H12S/c1-2-10-11-6-4-3-5-9(11)7-8-12(10)13/h3-8,13H,2H2,1H3. The lowest BCUT2D eigenvalue weighted by Gasteiger charge is -2.06. The molecule has 0 unspecified atom stereocenters. The molecule has 0 aliphatic heterocycles. The fourth-order valence-corrected chi connectivity index (χ4v) is 2.05. The summed E-state index contributed by atoms with van der Waals surface area (Å²) in [6, 6.07) is 12.6. The van der Waals surface area contributed by atoms with Gasteiger partial charge in [-0.1, -0.05) is 37.3 Å². The van der Waals surface area contributed by atoms with Crippen molar-refractivity contribution < 1.29 is 0 Å². The molecule has 0 saturated heterocycles. The van der Waals surface area contributed by atoms with Crippen LogP contribution in [0, 0.1) is 0 Å². The average Bonchev–Trinajstić information content (AvgIpc) is 2.18. The molecule has 0 radical (unpaired) electrons. The first-order valence-electron chi connectivity index (χ1n) is 4.52. The van der Waals surface area contributed by atoms with E-state index in [1.54, 1.807) is 0 Å². The number of rotatable bonds is 1. The van der Waals surface area contributed by atoms with Gasteiger partial charge in [0.25, 0.3) is 0 Å². The van der Waals surface area contributed by atoms with Gasteiger partial charge < -0.3 is 0 Å². The highest BCUT2D eigenvalue weighted by molar-refractivity contribution is 7.80. The van der Waals surface area contributed by atoms with Crippen LogP contribution in [0.3, 0.4) is 0 Å². The lowest BCUT2D eigenvalue weighted by Crippen LogP contribution is -1.85. The smallest absolute Gasteiger partial charge is 0.00783 e. The molecule has 0 saturated carbocycles. The molecule has 0 amide bonds. The molecule has 0 N–H and O–H groups in total. The molecular weight excluding hydrogens is 176 g/mol. The maximum absolute atomic E-state index is 4.45. The zero-order valence-corrected chi connectivity index (χ0v) is 8.51. The van der Waals surface area contributed by atoms with E-state index in [1.165, 1.54) is 16.3 Å². The largest absolute Gasteiger partial charge is 0.143 e. The molecule has 0 aliphatic carbocycles. The van der Waals surface area contributed by atoms with E-state index in [0.29, 0.717) is 0 Å². The molecule has 66 valence electrons. The van der Waals surface area contributed by atoms with Crippen LogP contribution in [-0.2, 0) is 6.42 Å². The van der Waals surface area contributed by atoms with Crippen molar-refractivity contribution in [2.24, 2.45) is 0 Å². The first-order valence-corrected chi connectivity index (χ1v) is 4.97. The topological polar surface area (TPSA) is 0 Å². The van der Waals surface area contributed by atoms with E-state index in [0.717, 1.165) is 11.3 Å². The number of thiol groups is 1. The summed E-state index contributed by atoms with van der Waals surface area (Å²) in [5, 5.41) is 2.63. The van der Waals surface area contributed by atoms with Crippen molar-refractivity contribution in [2.45, 2.75) is 18.2 Å². The Labute approximate surface area is 84.0 Å². The van der Waals surface area contributed by atoms with Crippen LogP contribution < -0.4 is 0 Å². The summed E-state index contributed by atoms with van der Waals surface area (Å²) in [4.78, 5) is 1.10. The summed E-state index contributed by atoms with van der Waals surface area (Å²) in [6.07, 6.45) is 1.04. The SMILES string of the molecule is CCc1c(S)ccc2ccccc12.